The van der Waals surface area contributed by atoms with Gasteiger partial charge in [0.05, 0.1) is 12.1 Å². The molecule has 1 aliphatic heterocycles. The zero-order valence-corrected chi connectivity index (χ0v) is 7.47. The largest absolute Gasteiger partial charge is 0.380 e. The van der Waals surface area contributed by atoms with Crippen LogP contribution in [0.1, 0.15) is 6.42 Å². The van der Waals surface area contributed by atoms with Gasteiger partial charge in [-0.05, 0) is 19.0 Å². The predicted molar refractivity (Wildman–Crippen MR) is 45.8 cm³/mol. The van der Waals surface area contributed by atoms with Gasteiger partial charge in [-0.2, -0.15) is 0 Å². The monoisotopic (exact) mass is 170 g/mol. The fourth-order valence-electron chi connectivity index (χ4n) is 1.56. The van der Waals surface area contributed by atoms with Gasteiger partial charge in [0.15, 0.2) is 0 Å². The highest BCUT2D eigenvalue weighted by Gasteiger charge is 2.23. The van der Waals surface area contributed by atoms with Crippen molar-refractivity contribution < 1.29 is 4.74 Å². The fourth-order valence-corrected chi connectivity index (χ4v) is 1.56. The van der Waals surface area contributed by atoms with Crippen LogP contribution in [0, 0.1) is 0 Å². The Kier molecular flexibility index (Phi) is 3.34. The van der Waals surface area contributed by atoms with Crippen molar-refractivity contribution in [2.45, 2.75) is 18.6 Å². The average molecular weight is 170 g/mol. The highest BCUT2D eigenvalue weighted by molar-refractivity contribution is 4.82. The summed E-state index contributed by atoms with van der Waals surface area (Å²) in [5.41, 5.74) is 8.26. The van der Waals surface area contributed by atoms with E-state index in [2.05, 4.69) is 14.9 Å². The maximum atomic E-state index is 8.26. The normalized spacial score (nSPS) is 31.2. The molecule has 5 nitrogen and oxygen atoms in total. The fraction of sp³-hybridized carbons (Fsp3) is 1.00. The summed E-state index contributed by atoms with van der Waals surface area (Å²) in [6.45, 7) is 1.76. The summed E-state index contributed by atoms with van der Waals surface area (Å²) >= 11 is 0. The first-order chi connectivity index (χ1) is 5.76. The van der Waals surface area contributed by atoms with E-state index in [0.717, 1.165) is 19.5 Å². The molecule has 1 rings (SSSR count). The van der Waals surface area contributed by atoms with Crippen molar-refractivity contribution in [1.29, 1.82) is 0 Å². The van der Waals surface area contributed by atoms with Crippen molar-refractivity contribution in [3.63, 3.8) is 0 Å². The minimum atomic E-state index is 0.0682. The Bertz CT molecular complexity index is 190. The van der Waals surface area contributed by atoms with E-state index in [1.165, 1.54) is 0 Å². The number of nitrogens with zero attached hydrogens (tertiary/aromatic N) is 4. The maximum Gasteiger partial charge on any atom is 0.0702 e. The molecule has 1 fully saturated rings. The van der Waals surface area contributed by atoms with Crippen molar-refractivity contribution in [1.82, 2.24) is 4.90 Å². The van der Waals surface area contributed by atoms with Gasteiger partial charge in [0.1, 0.15) is 0 Å². The Morgan fingerprint density at radius 3 is 2.92 bits per heavy atom. The highest BCUT2D eigenvalue weighted by Crippen LogP contribution is 2.14. The summed E-state index contributed by atoms with van der Waals surface area (Å²) in [6.07, 6.45) is 1.05. The molecule has 0 N–H and O–H groups in total. The Labute approximate surface area is 71.9 Å². The van der Waals surface area contributed by atoms with Crippen LogP contribution in [0.15, 0.2) is 5.11 Å². The van der Waals surface area contributed by atoms with Crippen LogP contribution in [-0.2, 0) is 4.74 Å². The van der Waals surface area contributed by atoms with E-state index >= 15 is 0 Å². The Morgan fingerprint density at radius 2 is 2.33 bits per heavy atom. The zero-order valence-electron chi connectivity index (χ0n) is 7.47. The number of ether oxygens (including phenoxy) is 1. The standard InChI is InChI=1S/C7H14N4O/c1-11-4-6(9-10-8)3-7(5-11)12-2/h6-7H,3-5H2,1-2H3/t6-,7+/m0/s1. The van der Waals surface area contributed by atoms with Gasteiger partial charge in [-0.15, -0.1) is 0 Å². The van der Waals surface area contributed by atoms with Crippen molar-refractivity contribution in [2.24, 2.45) is 5.11 Å². The van der Waals surface area contributed by atoms with E-state index in [9.17, 15) is 0 Å². The third-order valence-electron chi connectivity index (χ3n) is 2.12. The highest BCUT2D eigenvalue weighted by atomic mass is 16.5. The van der Waals surface area contributed by atoms with E-state index < -0.39 is 0 Å². The van der Waals surface area contributed by atoms with Gasteiger partial charge in [-0.1, -0.05) is 5.11 Å². The van der Waals surface area contributed by atoms with E-state index in [4.69, 9.17) is 10.3 Å². The zero-order chi connectivity index (χ0) is 8.97. The Balaban J connectivity index is 2.50. The molecule has 5 heteroatoms. The van der Waals surface area contributed by atoms with Crippen LogP contribution in [0.4, 0.5) is 0 Å². The van der Waals surface area contributed by atoms with Gasteiger partial charge in [0.25, 0.3) is 0 Å². The van der Waals surface area contributed by atoms with Crippen LogP contribution in [-0.4, -0.2) is 44.3 Å². The summed E-state index contributed by atoms with van der Waals surface area (Å²) in [4.78, 5) is 4.93. The molecule has 0 aromatic rings. The molecule has 0 aromatic carbocycles. The van der Waals surface area contributed by atoms with Crippen LogP contribution < -0.4 is 0 Å². The van der Waals surface area contributed by atoms with Crippen molar-refractivity contribution >= 4 is 0 Å². The molecule has 2 atom stereocenters. The van der Waals surface area contributed by atoms with Crippen LogP contribution in [0.5, 0.6) is 0 Å². The molecule has 0 bridgehead atoms. The van der Waals surface area contributed by atoms with Gasteiger partial charge in [0.2, 0.25) is 0 Å². The number of hydrogen-bond donors (Lipinski definition) is 0. The molecule has 0 spiro atoms. The number of likely N-dealkylation sites (N-methyl/N-ethyl adjacent to an activating group) is 1. The molecule has 1 saturated heterocycles. The first-order valence-corrected chi connectivity index (χ1v) is 4.01. The van der Waals surface area contributed by atoms with Gasteiger partial charge < -0.3 is 9.64 Å². The van der Waals surface area contributed by atoms with E-state index in [1.54, 1.807) is 7.11 Å². The summed E-state index contributed by atoms with van der Waals surface area (Å²) < 4.78 is 5.21. The number of azide groups is 1. The van der Waals surface area contributed by atoms with Gasteiger partial charge in [0, 0.05) is 25.1 Å². The van der Waals surface area contributed by atoms with Crippen LogP contribution in [0.2, 0.25) is 0 Å². The molecule has 0 unspecified atom stereocenters. The molecule has 1 aliphatic rings. The van der Waals surface area contributed by atoms with Crippen LogP contribution in [0.25, 0.3) is 10.4 Å². The van der Waals surface area contributed by atoms with Crippen LogP contribution >= 0.6 is 0 Å². The minimum Gasteiger partial charge on any atom is -0.380 e. The second-order valence-electron chi connectivity index (χ2n) is 3.17. The molecule has 0 aliphatic carbocycles. The lowest BCUT2D eigenvalue weighted by Gasteiger charge is -2.32. The number of likely N-dealkylation sites (tertiary alicyclic amines) is 1. The first-order valence-electron chi connectivity index (χ1n) is 4.01. The molecule has 0 amide bonds. The average Bonchev–Trinajstić information content (AvgIpc) is 2.04. The first kappa shape index (κ1) is 9.32. The molecular formula is C7H14N4O. The van der Waals surface area contributed by atoms with E-state index in [1.807, 2.05) is 7.05 Å². The quantitative estimate of drug-likeness (QED) is 0.353. The third kappa shape index (κ3) is 2.37. The van der Waals surface area contributed by atoms with Crippen LogP contribution in [0.3, 0.4) is 0 Å². The molecule has 0 radical (unpaired) electrons. The lowest BCUT2D eigenvalue weighted by Crippen LogP contribution is -2.43. The Hall–Kier alpha value is -0.770. The molecular weight excluding hydrogens is 156 g/mol. The van der Waals surface area contributed by atoms with Crippen molar-refractivity contribution in [2.75, 3.05) is 27.2 Å². The SMILES string of the molecule is CO[C@@H]1C[C@H](N=[N+]=[N-])CN(C)C1. The second-order valence-corrected chi connectivity index (χ2v) is 3.17. The molecule has 1 heterocycles. The second kappa shape index (κ2) is 4.30. The molecule has 0 saturated carbocycles. The number of hydrogen-bond acceptors (Lipinski definition) is 3. The third-order valence-corrected chi connectivity index (χ3v) is 2.12. The van der Waals surface area contributed by atoms with Crippen molar-refractivity contribution in [3.05, 3.63) is 10.4 Å². The topological polar surface area (TPSA) is 61.2 Å². The maximum absolute atomic E-state index is 8.26. The summed E-state index contributed by atoms with van der Waals surface area (Å²) in [6, 6.07) is 0.0682. The van der Waals surface area contributed by atoms with Gasteiger partial charge in [-0.25, -0.2) is 0 Å². The van der Waals surface area contributed by atoms with E-state index in [-0.39, 0.29) is 12.1 Å². The minimum absolute atomic E-state index is 0.0682. The molecule has 68 valence electrons. The summed E-state index contributed by atoms with van der Waals surface area (Å²) in [5.74, 6) is 0. The molecule has 0 aromatic heterocycles. The summed E-state index contributed by atoms with van der Waals surface area (Å²) in [7, 11) is 3.70. The smallest absolute Gasteiger partial charge is 0.0702 e. The Morgan fingerprint density at radius 1 is 1.58 bits per heavy atom. The van der Waals surface area contributed by atoms with Crippen molar-refractivity contribution in [3.8, 4) is 0 Å². The molecule has 12 heavy (non-hydrogen) atoms. The van der Waals surface area contributed by atoms with Gasteiger partial charge in [-0.3, -0.25) is 0 Å². The predicted octanol–water partition coefficient (Wildman–Crippen LogP) is 1.02. The van der Waals surface area contributed by atoms with Gasteiger partial charge >= 0.3 is 0 Å². The number of rotatable bonds is 2. The van der Waals surface area contributed by atoms with E-state index in [0.29, 0.717) is 0 Å². The summed E-state index contributed by atoms with van der Waals surface area (Å²) in [5, 5.41) is 3.69. The lowest BCUT2D eigenvalue weighted by molar-refractivity contribution is 0.0331. The lowest BCUT2D eigenvalue weighted by atomic mass is 10.0. The number of piperidine rings is 1. The number of methoxy groups -OCH3 is 1.